The second-order valence-electron chi connectivity index (χ2n) is 8.08. The van der Waals surface area contributed by atoms with Crippen LogP contribution in [-0.2, 0) is 39.1 Å². The standard InChI is InChI=1S/C26H25FN2O5S/c1-33-25(30)14-18-6-3-4-9-24(18)34-16-17-12-22(21-8-5-7-19(15-28)26(21)27)20-10-11-29(23(20)13-17)35(2,31)32/h3-13H,14-16,28H2,1-2H3. The quantitative estimate of drug-likeness (QED) is 0.370. The molecule has 0 aliphatic carbocycles. The average Bonchev–Trinajstić information content (AvgIpc) is 3.28. The van der Waals surface area contributed by atoms with Gasteiger partial charge in [0.15, 0.2) is 0 Å². The van der Waals surface area contributed by atoms with Crippen LogP contribution in [0.5, 0.6) is 5.75 Å². The lowest BCUT2D eigenvalue weighted by molar-refractivity contribution is -0.139. The number of hydrogen-bond acceptors (Lipinski definition) is 6. The molecule has 0 aliphatic heterocycles. The van der Waals surface area contributed by atoms with Crippen LogP contribution in [0.3, 0.4) is 0 Å². The van der Waals surface area contributed by atoms with Crippen molar-refractivity contribution in [3.63, 3.8) is 0 Å². The molecule has 1 heterocycles. The number of carbonyl (C=O) groups excluding carboxylic acids is 1. The van der Waals surface area contributed by atoms with Gasteiger partial charge in [0.1, 0.15) is 18.2 Å². The molecule has 0 amide bonds. The molecule has 4 aromatic rings. The van der Waals surface area contributed by atoms with Crippen LogP contribution >= 0.6 is 0 Å². The molecule has 182 valence electrons. The molecule has 35 heavy (non-hydrogen) atoms. The molecule has 2 N–H and O–H groups in total. The number of fused-ring (bicyclic) bond motifs is 1. The number of ether oxygens (including phenoxy) is 2. The van der Waals surface area contributed by atoms with E-state index in [1.165, 1.54) is 13.3 Å². The summed E-state index contributed by atoms with van der Waals surface area (Å²) in [5, 5.41) is 0.582. The molecule has 0 aliphatic rings. The Labute approximate surface area is 202 Å². The Morgan fingerprint density at radius 2 is 1.77 bits per heavy atom. The zero-order valence-corrected chi connectivity index (χ0v) is 20.1. The molecule has 0 atom stereocenters. The van der Waals surface area contributed by atoms with Crippen molar-refractivity contribution < 1.29 is 27.1 Å². The first-order chi connectivity index (χ1) is 16.7. The highest BCUT2D eigenvalue weighted by Gasteiger charge is 2.18. The van der Waals surface area contributed by atoms with Gasteiger partial charge in [-0.25, -0.2) is 16.8 Å². The summed E-state index contributed by atoms with van der Waals surface area (Å²) in [4.78, 5) is 11.8. The summed E-state index contributed by atoms with van der Waals surface area (Å²) in [5.74, 6) is -0.356. The van der Waals surface area contributed by atoms with Crippen LogP contribution < -0.4 is 10.5 Å². The maximum absolute atomic E-state index is 15.2. The fourth-order valence-electron chi connectivity index (χ4n) is 4.00. The summed E-state index contributed by atoms with van der Waals surface area (Å²) >= 11 is 0. The topological polar surface area (TPSA) is 101 Å². The van der Waals surface area contributed by atoms with E-state index in [-0.39, 0.29) is 19.6 Å². The zero-order valence-electron chi connectivity index (χ0n) is 19.3. The number of para-hydroxylation sites is 1. The molecule has 0 saturated heterocycles. The molecule has 0 unspecified atom stereocenters. The first-order valence-electron chi connectivity index (χ1n) is 10.8. The molecule has 0 spiro atoms. The van der Waals surface area contributed by atoms with Crippen LogP contribution in [0.2, 0.25) is 0 Å². The number of halogens is 1. The van der Waals surface area contributed by atoms with Crippen molar-refractivity contribution in [1.29, 1.82) is 0 Å². The highest BCUT2D eigenvalue weighted by molar-refractivity contribution is 7.89. The van der Waals surface area contributed by atoms with Crippen molar-refractivity contribution in [3.05, 3.63) is 89.4 Å². The molecule has 0 radical (unpaired) electrons. The van der Waals surface area contributed by atoms with Crippen LogP contribution in [0.15, 0.2) is 66.9 Å². The van der Waals surface area contributed by atoms with E-state index in [0.29, 0.717) is 44.5 Å². The maximum Gasteiger partial charge on any atom is 0.310 e. The minimum atomic E-state index is -3.60. The van der Waals surface area contributed by atoms with Crippen LogP contribution in [0, 0.1) is 5.82 Å². The van der Waals surface area contributed by atoms with Gasteiger partial charge < -0.3 is 15.2 Å². The van der Waals surface area contributed by atoms with Crippen LogP contribution in [0.4, 0.5) is 4.39 Å². The van der Waals surface area contributed by atoms with Crippen molar-refractivity contribution in [2.24, 2.45) is 5.73 Å². The summed E-state index contributed by atoms with van der Waals surface area (Å²) in [6, 6.07) is 17.2. The Morgan fingerprint density at radius 3 is 2.49 bits per heavy atom. The molecule has 3 aromatic carbocycles. The summed E-state index contributed by atoms with van der Waals surface area (Å²) in [5.41, 5.74) is 8.58. The van der Waals surface area contributed by atoms with E-state index in [9.17, 15) is 13.2 Å². The van der Waals surface area contributed by atoms with Gasteiger partial charge in [-0.15, -0.1) is 0 Å². The highest BCUT2D eigenvalue weighted by atomic mass is 32.2. The van der Waals surface area contributed by atoms with Gasteiger partial charge in [0.25, 0.3) is 0 Å². The first-order valence-corrected chi connectivity index (χ1v) is 12.7. The molecule has 4 rings (SSSR count). The Hall–Kier alpha value is -3.69. The summed E-state index contributed by atoms with van der Waals surface area (Å²) in [7, 11) is -2.29. The lowest BCUT2D eigenvalue weighted by atomic mass is 9.97. The summed E-state index contributed by atoms with van der Waals surface area (Å²) < 4.78 is 51.9. The third-order valence-electron chi connectivity index (χ3n) is 5.71. The first kappa shape index (κ1) is 24.4. The fraction of sp³-hybridized carbons (Fsp3) is 0.192. The number of benzene rings is 3. The number of rotatable bonds is 8. The molecule has 7 nitrogen and oxygen atoms in total. The van der Waals surface area contributed by atoms with E-state index < -0.39 is 21.8 Å². The van der Waals surface area contributed by atoms with Gasteiger partial charge in [-0.1, -0.05) is 36.4 Å². The lowest BCUT2D eigenvalue weighted by Crippen LogP contribution is -2.09. The number of carbonyl (C=O) groups is 1. The minimum absolute atomic E-state index is 0.0347. The van der Waals surface area contributed by atoms with Gasteiger partial charge in [0.2, 0.25) is 10.0 Å². The maximum atomic E-state index is 15.2. The van der Waals surface area contributed by atoms with E-state index in [1.54, 1.807) is 60.7 Å². The number of nitrogens with zero attached hydrogens (tertiary/aromatic N) is 1. The van der Waals surface area contributed by atoms with Crippen LogP contribution in [-0.4, -0.2) is 31.7 Å². The molecular weight excluding hydrogens is 471 g/mol. The van der Waals surface area contributed by atoms with Crippen LogP contribution in [0.1, 0.15) is 16.7 Å². The number of esters is 1. The molecule has 0 fully saturated rings. The predicted octanol–water partition coefficient (Wildman–Crippen LogP) is 4.01. The predicted molar refractivity (Wildman–Crippen MR) is 132 cm³/mol. The van der Waals surface area contributed by atoms with Crippen molar-refractivity contribution in [2.45, 2.75) is 19.6 Å². The van der Waals surface area contributed by atoms with Gasteiger partial charge >= 0.3 is 5.97 Å². The van der Waals surface area contributed by atoms with Crippen molar-refractivity contribution >= 4 is 26.9 Å². The lowest BCUT2D eigenvalue weighted by Gasteiger charge is -2.14. The summed E-state index contributed by atoms with van der Waals surface area (Å²) in [6.07, 6.45) is 2.60. The van der Waals surface area contributed by atoms with E-state index >= 15 is 4.39 Å². The second-order valence-corrected chi connectivity index (χ2v) is 9.94. The van der Waals surface area contributed by atoms with E-state index in [2.05, 4.69) is 0 Å². The van der Waals surface area contributed by atoms with Crippen molar-refractivity contribution in [1.82, 2.24) is 3.97 Å². The highest BCUT2D eigenvalue weighted by Crippen LogP contribution is 2.34. The largest absolute Gasteiger partial charge is 0.489 e. The minimum Gasteiger partial charge on any atom is -0.489 e. The second kappa shape index (κ2) is 9.89. The summed E-state index contributed by atoms with van der Waals surface area (Å²) in [6.45, 7) is 0.0984. The fourth-order valence-corrected chi connectivity index (χ4v) is 4.79. The number of aromatic nitrogens is 1. The van der Waals surface area contributed by atoms with Gasteiger partial charge in [0.05, 0.1) is 25.3 Å². The normalized spacial score (nSPS) is 11.5. The van der Waals surface area contributed by atoms with Gasteiger partial charge in [-0.05, 0) is 35.4 Å². The third-order valence-corrected chi connectivity index (χ3v) is 6.74. The Kier molecular flexibility index (Phi) is 6.90. The van der Waals surface area contributed by atoms with E-state index in [0.717, 1.165) is 10.2 Å². The van der Waals surface area contributed by atoms with Gasteiger partial charge in [-0.2, -0.15) is 0 Å². The number of methoxy groups -OCH3 is 1. The number of hydrogen-bond donors (Lipinski definition) is 1. The smallest absolute Gasteiger partial charge is 0.310 e. The SMILES string of the molecule is COC(=O)Cc1ccccc1OCc1cc(-c2cccc(CN)c2F)c2ccn(S(C)(=O)=O)c2c1. The molecule has 1 aromatic heterocycles. The Bertz CT molecular complexity index is 1510. The molecule has 0 bridgehead atoms. The Morgan fingerprint density at radius 1 is 1.03 bits per heavy atom. The van der Waals surface area contributed by atoms with Crippen molar-refractivity contribution in [2.75, 3.05) is 13.4 Å². The van der Waals surface area contributed by atoms with E-state index in [4.69, 9.17) is 15.2 Å². The van der Waals surface area contributed by atoms with Crippen LogP contribution in [0.25, 0.3) is 22.0 Å². The number of nitrogens with two attached hydrogens (primary N) is 1. The average molecular weight is 497 g/mol. The molecule has 0 saturated carbocycles. The molecule has 9 heteroatoms. The Balaban J connectivity index is 1.81. The molecular formula is C26H25FN2O5S. The van der Waals surface area contributed by atoms with E-state index in [1.807, 2.05) is 0 Å². The monoisotopic (exact) mass is 496 g/mol. The van der Waals surface area contributed by atoms with Gasteiger partial charge in [-0.3, -0.25) is 4.79 Å². The third kappa shape index (κ3) is 5.06. The van der Waals surface area contributed by atoms with Crippen molar-refractivity contribution in [3.8, 4) is 16.9 Å². The zero-order chi connectivity index (χ0) is 25.2. The van der Waals surface area contributed by atoms with Gasteiger partial charge in [0, 0.05) is 34.8 Å².